The highest BCUT2D eigenvalue weighted by atomic mass is 16.3. The van der Waals surface area contributed by atoms with E-state index in [9.17, 15) is 14.7 Å². The fourth-order valence-corrected chi connectivity index (χ4v) is 2.28. The first-order valence-electron chi connectivity index (χ1n) is 7.04. The minimum absolute atomic E-state index is 0.0452. The highest BCUT2D eigenvalue weighted by molar-refractivity contribution is 6.39. The fraction of sp³-hybridized carbons (Fsp3) is 0.375. The number of hydrogen-bond acceptors (Lipinski definition) is 3. The van der Waals surface area contributed by atoms with E-state index in [0.717, 1.165) is 18.4 Å². The van der Waals surface area contributed by atoms with Crippen LogP contribution >= 0.6 is 0 Å². The predicted octanol–water partition coefficient (Wildman–Crippen LogP) is 1.52. The highest BCUT2D eigenvalue weighted by Gasteiger charge is 2.27. The molecule has 0 spiro atoms. The minimum atomic E-state index is -1.04. The zero-order chi connectivity index (χ0) is 15.3. The first-order chi connectivity index (χ1) is 9.98. The second-order valence-electron chi connectivity index (χ2n) is 5.40. The molecule has 1 atom stereocenters. The van der Waals surface area contributed by atoms with Gasteiger partial charge in [-0.1, -0.05) is 24.3 Å². The van der Waals surface area contributed by atoms with Gasteiger partial charge in [0.05, 0.1) is 6.54 Å². The summed E-state index contributed by atoms with van der Waals surface area (Å²) in [5.41, 5.74) is 0.527. The molecular formula is C16H20N2O3. The van der Waals surface area contributed by atoms with E-state index in [2.05, 4.69) is 10.6 Å². The summed E-state index contributed by atoms with van der Waals surface area (Å²) in [6.07, 6.45) is 5.98. The van der Waals surface area contributed by atoms with Gasteiger partial charge in [-0.15, -0.1) is 0 Å². The molecule has 2 rings (SSSR count). The summed E-state index contributed by atoms with van der Waals surface area (Å²) < 4.78 is 0. The van der Waals surface area contributed by atoms with Crippen LogP contribution in [0.3, 0.4) is 0 Å². The first kappa shape index (κ1) is 15.3. The minimum Gasteiger partial charge on any atom is -0.384 e. The summed E-state index contributed by atoms with van der Waals surface area (Å²) >= 11 is 0. The average Bonchev–Trinajstić information content (AvgIpc) is 2.45. The SMILES string of the molecule is Cc1cccc(NC(=O)C(=O)NCC2(O)C=CCCC2)c1. The molecule has 5 nitrogen and oxygen atoms in total. The predicted molar refractivity (Wildman–Crippen MR) is 80.8 cm³/mol. The van der Waals surface area contributed by atoms with E-state index in [1.54, 1.807) is 24.3 Å². The standard InChI is InChI=1S/C16H20N2O3/c1-12-6-5-7-13(10-12)18-15(20)14(19)17-11-16(21)8-3-2-4-9-16/h3,5-8,10,21H,2,4,9,11H2,1H3,(H,17,19)(H,18,20). The number of nitrogens with one attached hydrogen (secondary N) is 2. The van der Waals surface area contributed by atoms with Crippen molar-refractivity contribution in [1.82, 2.24) is 5.32 Å². The van der Waals surface area contributed by atoms with Crippen molar-refractivity contribution in [2.24, 2.45) is 0 Å². The van der Waals surface area contributed by atoms with Crippen LogP contribution in [0.2, 0.25) is 0 Å². The van der Waals surface area contributed by atoms with Crippen molar-refractivity contribution in [2.75, 3.05) is 11.9 Å². The Morgan fingerprint density at radius 3 is 2.81 bits per heavy atom. The van der Waals surface area contributed by atoms with Gasteiger partial charge < -0.3 is 15.7 Å². The quantitative estimate of drug-likeness (QED) is 0.583. The lowest BCUT2D eigenvalue weighted by Gasteiger charge is -2.27. The number of hydrogen-bond donors (Lipinski definition) is 3. The van der Waals surface area contributed by atoms with Gasteiger partial charge in [0.2, 0.25) is 0 Å². The van der Waals surface area contributed by atoms with Crippen molar-refractivity contribution in [1.29, 1.82) is 0 Å². The molecule has 21 heavy (non-hydrogen) atoms. The summed E-state index contributed by atoms with van der Waals surface area (Å²) in [7, 11) is 0. The van der Waals surface area contributed by atoms with Gasteiger partial charge in [0.1, 0.15) is 5.60 Å². The van der Waals surface area contributed by atoms with Crippen molar-refractivity contribution in [3.8, 4) is 0 Å². The Balaban J connectivity index is 1.87. The molecule has 0 heterocycles. The molecule has 112 valence electrons. The second kappa shape index (κ2) is 6.54. The van der Waals surface area contributed by atoms with Gasteiger partial charge in [0.25, 0.3) is 0 Å². The van der Waals surface area contributed by atoms with Crippen LogP contribution in [0.1, 0.15) is 24.8 Å². The van der Waals surface area contributed by atoms with E-state index < -0.39 is 17.4 Å². The average molecular weight is 288 g/mol. The van der Waals surface area contributed by atoms with Crippen molar-refractivity contribution < 1.29 is 14.7 Å². The monoisotopic (exact) mass is 288 g/mol. The number of allylic oxidation sites excluding steroid dienone is 1. The Morgan fingerprint density at radius 2 is 2.14 bits per heavy atom. The maximum atomic E-state index is 11.8. The molecule has 0 saturated heterocycles. The van der Waals surface area contributed by atoms with Crippen LogP contribution in [0.5, 0.6) is 0 Å². The molecule has 0 aliphatic heterocycles. The molecule has 2 amide bonds. The number of rotatable bonds is 3. The van der Waals surface area contributed by atoms with E-state index in [-0.39, 0.29) is 6.54 Å². The molecule has 1 aromatic carbocycles. The van der Waals surface area contributed by atoms with Gasteiger partial charge in [-0.25, -0.2) is 0 Å². The Labute approximate surface area is 124 Å². The summed E-state index contributed by atoms with van der Waals surface area (Å²) in [4.78, 5) is 23.5. The third-order valence-corrected chi connectivity index (χ3v) is 3.45. The van der Waals surface area contributed by atoms with E-state index >= 15 is 0 Å². The smallest absolute Gasteiger partial charge is 0.313 e. The lowest BCUT2D eigenvalue weighted by molar-refractivity contribution is -0.136. The van der Waals surface area contributed by atoms with Gasteiger partial charge in [-0.2, -0.15) is 0 Å². The molecular weight excluding hydrogens is 268 g/mol. The molecule has 0 fully saturated rings. The van der Waals surface area contributed by atoms with Crippen LogP contribution in [0.15, 0.2) is 36.4 Å². The maximum absolute atomic E-state index is 11.8. The van der Waals surface area contributed by atoms with Gasteiger partial charge in [0.15, 0.2) is 0 Å². The second-order valence-corrected chi connectivity index (χ2v) is 5.40. The molecule has 1 unspecified atom stereocenters. The lowest BCUT2D eigenvalue weighted by Crippen LogP contribution is -2.45. The topological polar surface area (TPSA) is 78.4 Å². The largest absolute Gasteiger partial charge is 0.384 e. The zero-order valence-electron chi connectivity index (χ0n) is 12.1. The number of aryl methyl sites for hydroxylation is 1. The van der Waals surface area contributed by atoms with Gasteiger partial charge in [-0.3, -0.25) is 9.59 Å². The van der Waals surface area contributed by atoms with Crippen LogP contribution in [-0.2, 0) is 9.59 Å². The molecule has 1 aliphatic carbocycles. The molecule has 1 aliphatic rings. The van der Waals surface area contributed by atoms with E-state index in [4.69, 9.17) is 0 Å². The molecule has 0 radical (unpaired) electrons. The van der Waals surface area contributed by atoms with Crippen molar-refractivity contribution in [3.63, 3.8) is 0 Å². The third kappa shape index (κ3) is 4.43. The summed E-state index contributed by atoms with van der Waals surface area (Å²) in [5.74, 6) is -1.48. The molecule has 1 aromatic rings. The van der Waals surface area contributed by atoms with Crippen molar-refractivity contribution in [3.05, 3.63) is 42.0 Å². The molecule has 0 saturated carbocycles. The number of aliphatic hydroxyl groups is 1. The molecule has 0 aromatic heterocycles. The van der Waals surface area contributed by atoms with E-state index in [0.29, 0.717) is 12.1 Å². The van der Waals surface area contributed by atoms with E-state index in [1.165, 1.54) is 0 Å². The van der Waals surface area contributed by atoms with Gasteiger partial charge in [0, 0.05) is 5.69 Å². The van der Waals surface area contributed by atoms with Crippen LogP contribution in [0.4, 0.5) is 5.69 Å². The molecule has 3 N–H and O–H groups in total. The fourth-order valence-electron chi connectivity index (χ4n) is 2.28. The van der Waals surface area contributed by atoms with Crippen molar-refractivity contribution in [2.45, 2.75) is 31.8 Å². The zero-order valence-corrected chi connectivity index (χ0v) is 12.1. The summed E-state index contributed by atoms with van der Waals surface area (Å²) in [6, 6.07) is 7.21. The Kier molecular flexibility index (Phi) is 4.75. The van der Waals surface area contributed by atoms with Crippen LogP contribution < -0.4 is 10.6 Å². The number of anilines is 1. The van der Waals surface area contributed by atoms with E-state index in [1.807, 2.05) is 19.1 Å². The first-order valence-corrected chi connectivity index (χ1v) is 7.04. The summed E-state index contributed by atoms with van der Waals surface area (Å²) in [5, 5.41) is 15.2. The number of amides is 2. The Hall–Kier alpha value is -2.14. The van der Waals surface area contributed by atoms with Crippen LogP contribution in [-0.4, -0.2) is 29.1 Å². The van der Waals surface area contributed by atoms with Crippen LogP contribution in [0.25, 0.3) is 0 Å². The molecule has 5 heteroatoms. The van der Waals surface area contributed by atoms with Crippen LogP contribution in [0, 0.1) is 6.92 Å². The number of carbonyl (C=O) groups is 2. The lowest BCUT2D eigenvalue weighted by atomic mass is 9.91. The third-order valence-electron chi connectivity index (χ3n) is 3.45. The van der Waals surface area contributed by atoms with Gasteiger partial charge in [-0.05, 0) is 43.9 Å². The molecule has 0 bridgehead atoms. The summed E-state index contributed by atoms with van der Waals surface area (Å²) in [6.45, 7) is 1.95. The Bertz CT molecular complexity index is 568. The Morgan fingerprint density at radius 1 is 1.33 bits per heavy atom. The van der Waals surface area contributed by atoms with Gasteiger partial charge >= 0.3 is 11.8 Å². The number of benzene rings is 1. The highest BCUT2D eigenvalue weighted by Crippen LogP contribution is 2.20. The maximum Gasteiger partial charge on any atom is 0.313 e. The van der Waals surface area contributed by atoms with Crippen molar-refractivity contribution >= 4 is 17.5 Å². The number of carbonyl (C=O) groups excluding carboxylic acids is 2. The normalized spacial score (nSPS) is 20.9.